The number of hydrogen-bond donors (Lipinski definition) is 1. The van der Waals surface area contributed by atoms with E-state index in [1.165, 1.54) is 29.3 Å². The lowest BCUT2D eigenvalue weighted by Crippen LogP contribution is -2.42. The number of hydrogen-bond acceptors (Lipinski definition) is 9. The van der Waals surface area contributed by atoms with Crippen LogP contribution in [0.2, 0.25) is 0 Å². The largest absolute Gasteiger partial charge is 0.462 e. The fourth-order valence-corrected chi connectivity index (χ4v) is 6.80. The fourth-order valence-electron chi connectivity index (χ4n) is 6.80. The molecule has 0 bridgehead atoms. The first kappa shape index (κ1) is 31.6. The molecule has 10 nitrogen and oxygen atoms in total. The zero-order chi connectivity index (χ0) is 32.7. The van der Waals surface area contributed by atoms with Gasteiger partial charge in [0.1, 0.15) is 29.9 Å². The number of pyridine rings is 1. The van der Waals surface area contributed by atoms with Crippen molar-refractivity contribution >= 4 is 34.1 Å². The van der Waals surface area contributed by atoms with E-state index in [9.17, 15) is 18.7 Å². The summed E-state index contributed by atoms with van der Waals surface area (Å²) < 4.78 is 51.5. The lowest BCUT2D eigenvalue weighted by atomic mass is 9.95. The smallest absolute Gasteiger partial charge is 0.319 e. The van der Waals surface area contributed by atoms with Crippen LogP contribution >= 0.6 is 0 Å². The number of likely N-dealkylation sites (tertiary alicyclic amines) is 2. The zero-order valence-electron chi connectivity index (χ0n) is 25.8. The van der Waals surface area contributed by atoms with E-state index in [2.05, 4.69) is 27.5 Å². The van der Waals surface area contributed by atoms with Crippen LogP contribution in [-0.2, 0) is 11.2 Å². The van der Waals surface area contributed by atoms with E-state index < -0.39 is 23.9 Å². The van der Waals surface area contributed by atoms with Crippen molar-refractivity contribution < 1.29 is 27.8 Å². The first-order chi connectivity index (χ1) is 22.1. The van der Waals surface area contributed by atoms with Gasteiger partial charge in [0.05, 0.1) is 29.3 Å². The first-order valence-electron chi connectivity index (χ1n) is 15.3. The maximum absolute atomic E-state index is 16.7. The number of fused-ring (bicyclic) bond motifs is 2. The van der Waals surface area contributed by atoms with Gasteiger partial charge < -0.3 is 24.5 Å². The number of likely N-dealkylation sites (N-methyl/N-ethyl adjacent to an activating group) is 2. The number of carbonyl (C=O) groups is 1. The van der Waals surface area contributed by atoms with Crippen molar-refractivity contribution in [2.24, 2.45) is 0 Å². The number of benzene rings is 1. The third-order valence-electron chi connectivity index (χ3n) is 9.08. The molecule has 46 heavy (non-hydrogen) atoms. The van der Waals surface area contributed by atoms with E-state index in [1.807, 2.05) is 16.8 Å². The molecule has 0 spiro atoms. The Morgan fingerprint density at radius 3 is 2.80 bits per heavy atom. The maximum Gasteiger partial charge on any atom is 0.319 e. The molecule has 13 heteroatoms. The van der Waals surface area contributed by atoms with Crippen LogP contribution < -0.4 is 14.5 Å². The van der Waals surface area contributed by atoms with E-state index in [4.69, 9.17) is 11.2 Å². The quantitative estimate of drug-likeness (QED) is 0.295. The van der Waals surface area contributed by atoms with Gasteiger partial charge in [0.15, 0.2) is 11.6 Å². The Labute approximate surface area is 265 Å². The molecule has 4 atom stereocenters. The Bertz CT molecular complexity index is 1720. The molecule has 3 aliphatic heterocycles. The van der Waals surface area contributed by atoms with Gasteiger partial charge in [-0.1, -0.05) is 18.6 Å². The molecule has 0 unspecified atom stereocenters. The fraction of sp³-hybridized carbons (Fsp3) is 0.455. The highest BCUT2D eigenvalue weighted by Crippen LogP contribution is 2.40. The number of halogens is 3. The summed E-state index contributed by atoms with van der Waals surface area (Å²) in [5, 5.41) is 10.9. The third-order valence-corrected chi connectivity index (χ3v) is 9.08. The molecule has 3 aliphatic rings. The SMILES string of the molecule is C#Cc1c(F)ccc2c1N(c1ncc3c(N(C)C[C@@H]4CCCN4C(=O)C=C)nc(OC[C@@H]4C[C@@H](F)CN4C)nc3c1F)C[C@@H](O)C2. The average Bonchev–Trinajstić information content (AvgIpc) is 3.63. The standard InChI is InChI=1S/C33H36F3N7O3/c1-5-24-26(35)10-9-19-12-23(44)17-43(30(19)24)32-28(36)29-25(14-37-32)31(41(4)16-21-8-7-11-42(21)27(45)6-2)39-33(38-29)46-18-22-13-20(34)15-40(22)3/h1,6,9-10,14,20-23,44H,2,7-8,11-13,15-18H2,3-4H3/t20-,21+,22+,23+/m1/s1. The molecule has 0 aliphatic carbocycles. The molecule has 0 radical (unpaired) electrons. The number of ether oxygens (including phenoxy) is 1. The van der Waals surface area contributed by atoms with Crippen molar-refractivity contribution in [3.8, 4) is 18.4 Å². The van der Waals surface area contributed by atoms with Gasteiger partial charge in [-0.25, -0.2) is 18.2 Å². The number of aromatic nitrogens is 3. The van der Waals surface area contributed by atoms with E-state index in [0.717, 1.165) is 12.8 Å². The molecule has 5 heterocycles. The lowest BCUT2D eigenvalue weighted by Gasteiger charge is -2.34. The van der Waals surface area contributed by atoms with Gasteiger partial charge in [-0.15, -0.1) is 6.42 Å². The van der Waals surface area contributed by atoms with Crippen molar-refractivity contribution in [3.63, 3.8) is 0 Å². The minimum Gasteiger partial charge on any atom is -0.462 e. The van der Waals surface area contributed by atoms with Crippen LogP contribution in [0.1, 0.15) is 30.4 Å². The molecule has 2 fully saturated rings. The number of aliphatic hydroxyl groups is 1. The van der Waals surface area contributed by atoms with Gasteiger partial charge in [-0.2, -0.15) is 9.97 Å². The molecule has 3 aromatic rings. The van der Waals surface area contributed by atoms with E-state index in [1.54, 1.807) is 11.9 Å². The maximum atomic E-state index is 16.7. The summed E-state index contributed by atoms with van der Waals surface area (Å²) in [6.07, 6.45) is 8.64. The van der Waals surface area contributed by atoms with Crippen molar-refractivity contribution in [1.29, 1.82) is 0 Å². The molecule has 1 amide bonds. The average molecular weight is 636 g/mol. The Hall–Kier alpha value is -4.41. The minimum absolute atomic E-state index is 0.0557. The Balaban J connectivity index is 1.43. The molecule has 2 aromatic heterocycles. The number of carbonyl (C=O) groups excluding carboxylic acids is 1. The predicted octanol–water partition coefficient (Wildman–Crippen LogP) is 3.37. The van der Waals surface area contributed by atoms with E-state index in [-0.39, 0.29) is 78.1 Å². The van der Waals surface area contributed by atoms with E-state index >= 15 is 4.39 Å². The molecule has 2 saturated heterocycles. The lowest BCUT2D eigenvalue weighted by molar-refractivity contribution is -0.126. The Morgan fingerprint density at radius 1 is 1.28 bits per heavy atom. The number of nitrogens with zero attached hydrogens (tertiary/aromatic N) is 7. The number of alkyl halides is 1. The molecular weight excluding hydrogens is 599 g/mol. The topological polar surface area (TPSA) is 98.2 Å². The van der Waals surface area contributed by atoms with Crippen LogP contribution in [0.15, 0.2) is 31.0 Å². The van der Waals surface area contributed by atoms with Crippen LogP contribution in [0.5, 0.6) is 6.01 Å². The Morgan fingerprint density at radius 2 is 2.09 bits per heavy atom. The normalized spacial score (nSPS) is 23.0. The number of terminal acetylenes is 1. The Kier molecular flexibility index (Phi) is 8.76. The monoisotopic (exact) mass is 635 g/mol. The molecule has 1 aromatic carbocycles. The van der Waals surface area contributed by atoms with Crippen LogP contribution in [0, 0.1) is 24.0 Å². The molecular formula is C33H36F3N7O3. The molecule has 0 saturated carbocycles. The second-order valence-corrected chi connectivity index (χ2v) is 12.2. The van der Waals surface area contributed by atoms with Gasteiger partial charge in [0.25, 0.3) is 0 Å². The van der Waals surface area contributed by atoms with Gasteiger partial charge in [-0.3, -0.25) is 9.69 Å². The number of β-amino-alcohol motifs (C(OH)–C–C–N with tert-alkyl or cyclic N) is 1. The summed E-state index contributed by atoms with van der Waals surface area (Å²) >= 11 is 0. The second kappa shape index (κ2) is 12.8. The van der Waals surface area contributed by atoms with Crippen molar-refractivity contribution in [1.82, 2.24) is 24.8 Å². The second-order valence-electron chi connectivity index (χ2n) is 12.2. The van der Waals surface area contributed by atoms with E-state index in [0.29, 0.717) is 30.9 Å². The van der Waals surface area contributed by atoms with Gasteiger partial charge in [0, 0.05) is 51.4 Å². The number of rotatable bonds is 8. The molecule has 1 N–H and O–H groups in total. The summed E-state index contributed by atoms with van der Waals surface area (Å²) in [5.41, 5.74) is 0.661. The zero-order valence-corrected chi connectivity index (χ0v) is 25.8. The van der Waals surface area contributed by atoms with Crippen LogP contribution in [-0.4, -0.2) is 107 Å². The number of aliphatic hydroxyl groups excluding tert-OH is 1. The summed E-state index contributed by atoms with van der Waals surface area (Å²) in [5.74, 6) is 0.854. The van der Waals surface area contributed by atoms with Crippen molar-refractivity contribution in [2.75, 3.05) is 56.7 Å². The van der Waals surface area contributed by atoms with Gasteiger partial charge in [0.2, 0.25) is 5.91 Å². The highest BCUT2D eigenvalue weighted by Gasteiger charge is 2.34. The highest BCUT2D eigenvalue weighted by atomic mass is 19.1. The van der Waals surface area contributed by atoms with Crippen LogP contribution in [0.3, 0.4) is 0 Å². The minimum atomic E-state index is -0.975. The van der Waals surface area contributed by atoms with Crippen molar-refractivity contribution in [3.05, 3.63) is 53.7 Å². The van der Waals surface area contributed by atoms with Crippen molar-refractivity contribution in [2.45, 2.75) is 50.0 Å². The summed E-state index contributed by atoms with van der Waals surface area (Å²) in [6.45, 7) is 4.91. The third kappa shape index (κ3) is 5.83. The first-order valence-corrected chi connectivity index (χ1v) is 15.3. The summed E-state index contributed by atoms with van der Waals surface area (Å²) in [6, 6.07) is 2.30. The predicted molar refractivity (Wildman–Crippen MR) is 168 cm³/mol. The van der Waals surface area contributed by atoms with Gasteiger partial charge in [-0.05, 0) is 44.0 Å². The van der Waals surface area contributed by atoms with Crippen LogP contribution in [0.25, 0.3) is 10.9 Å². The van der Waals surface area contributed by atoms with Gasteiger partial charge >= 0.3 is 6.01 Å². The molecule has 242 valence electrons. The van der Waals surface area contributed by atoms with Crippen LogP contribution in [0.4, 0.5) is 30.5 Å². The highest BCUT2D eigenvalue weighted by molar-refractivity contribution is 5.92. The molecule has 6 rings (SSSR count). The number of amides is 1. The summed E-state index contributed by atoms with van der Waals surface area (Å²) in [4.78, 5) is 32.8. The number of anilines is 3. The summed E-state index contributed by atoms with van der Waals surface area (Å²) in [7, 11) is 3.59.